The maximum atomic E-state index is 6.40. The van der Waals surface area contributed by atoms with Gasteiger partial charge in [0.25, 0.3) is 0 Å². The fraction of sp³-hybridized carbons (Fsp3) is 0. The fourth-order valence-electron chi connectivity index (χ4n) is 6.04. The molecular weight excluding hydrogens is 518 g/mol. The highest BCUT2D eigenvalue weighted by molar-refractivity contribution is 6.12. The summed E-state index contributed by atoms with van der Waals surface area (Å²) < 4.78 is 12.6. The van der Waals surface area contributed by atoms with Crippen LogP contribution in [0.3, 0.4) is 0 Å². The van der Waals surface area contributed by atoms with E-state index in [9.17, 15) is 0 Å². The molecule has 6 aromatic carbocycles. The van der Waals surface area contributed by atoms with Gasteiger partial charge < -0.3 is 8.83 Å². The Labute approximate surface area is 239 Å². The van der Waals surface area contributed by atoms with E-state index in [2.05, 4.69) is 48.5 Å². The van der Waals surface area contributed by atoms with Crippen molar-refractivity contribution in [1.29, 1.82) is 0 Å². The van der Waals surface area contributed by atoms with Crippen molar-refractivity contribution in [3.05, 3.63) is 127 Å². The smallest absolute Gasteiger partial charge is 0.167 e. The van der Waals surface area contributed by atoms with E-state index in [1.807, 2.05) is 78.9 Å². The third-order valence-corrected chi connectivity index (χ3v) is 7.95. The largest absolute Gasteiger partial charge is 0.456 e. The van der Waals surface area contributed by atoms with Crippen molar-refractivity contribution < 1.29 is 8.83 Å². The number of para-hydroxylation sites is 3. The molecule has 3 aromatic heterocycles. The zero-order chi connectivity index (χ0) is 27.6. The number of aromatic nitrogens is 3. The maximum absolute atomic E-state index is 6.40. The number of nitrogens with zero attached hydrogens (tertiary/aromatic N) is 3. The first-order chi connectivity index (χ1) is 20.8. The monoisotopic (exact) mass is 539 g/mol. The second-order valence-corrected chi connectivity index (χ2v) is 10.4. The summed E-state index contributed by atoms with van der Waals surface area (Å²) in [4.78, 5) is 15.3. The molecule has 0 saturated heterocycles. The molecule has 9 rings (SSSR count). The summed E-state index contributed by atoms with van der Waals surface area (Å²) in [5.41, 5.74) is 5.86. The lowest BCUT2D eigenvalue weighted by Gasteiger charge is -2.11. The number of hydrogen-bond donors (Lipinski definition) is 0. The average molecular weight is 540 g/mol. The van der Waals surface area contributed by atoms with E-state index in [-0.39, 0.29) is 0 Å². The topological polar surface area (TPSA) is 65.0 Å². The van der Waals surface area contributed by atoms with Crippen molar-refractivity contribution in [2.45, 2.75) is 0 Å². The normalized spacial score (nSPS) is 11.8. The van der Waals surface area contributed by atoms with Gasteiger partial charge in [0.15, 0.2) is 17.5 Å². The van der Waals surface area contributed by atoms with Crippen LogP contribution in [0.4, 0.5) is 0 Å². The molecule has 0 spiro atoms. The Balaban J connectivity index is 1.38. The summed E-state index contributed by atoms with van der Waals surface area (Å²) in [7, 11) is 0. The molecule has 0 N–H and O–H groups in total. The summed E-state index contributed by atoms with van der Waals surface area (Å²) in [5.74, 6) is 1.73. The van der Waals surface area contributed by atoms with Crippen molar-refractivity contribution in [1.82, 2.24) is 15.0 Å². The first kappa shape index (κ1) is 22.9. The summed E-state index contributed by atoms with van der Waals surface area (Å²) >= 11 is 0. The van der Waals surface area contributed by atoms with E-state index in [0.29, 0.717) is 17.5 Å². The van der Waals surface area contributed by atoms with Gasteiger partial charge in [0.05, 0.1) is 5.56 Å². The number of furan rings is 2. The molecule has 0 radical (unpaired) electrons. The molecule has 196 valence electrons. The molecule has 0 aliphatic heterocycles. The Morgan fingerprint density at radius 3 is 1.74 bits per heavy atom. The molecule has 5 nitrogen and oxygen atoms in total. The Kier molecular flexibility index (Phi) is 4.83. The molecule has 0 saturated carbocycles. The lowest BCUT2D eigenvalue weighted by atomic mass is 10.0. The Hall–Kier alpha value is -5.81. The molecule has 42 heavy (non-hydrogen) atoms. The van der Waals surface area contributed by atoms with Gasteiger partial charge in [0.1, 0.15) is 22.3 Å². The van der Waals surface area contributed by atoms with Crippen molar-refractivity contribution in [3.8, 4) is 34.2 Å². The van der Waals surface area contributed by atoms with E-state index in [1.54, 1.807) is 0 Å². The minimum absolute atomic E-state index is 0.553. The number of hydrogen-bond acceptors (Lipinski definition) is 5. The molecular formula is C37H21N3O2. The molecule has 0 atom stereocenters. The fourth-order valence-corrected chi connectivity index (χ4v) is 6.04. The standard InChI is InChI=1S/C37H21N3O2/c1-2-12-23-22(10-1)11-7-16-26(23)35-38-36(28-17-9-21-32-33(28)27-14-4-6-20-31(27)41-32)40-37(39-35)29-18-8-15-25-24-13-3-5-19-30(24)42-34(25)29/h1-21H. The van der Waals surface area contributed by atoms with E-state index in [4.69, 9.17) is 23.8 Å². The van der Waals surface area contributed by atoms with E-state index in [1.165, 1.54) is 0 Å². The van der Waals surface area contributed by atoms with Crippen molar-refractivity contribution >= 4 is 54.6 Å². The Morgan fingerprint density at radius 1 is 0.357 bits per heavy atom. The molecule has 0 fully saturated rings. The first-order valence-electron chi connectivity index (χ1n) is 13.9. The van der Waals surface area contributed by atoms with Crippen LogP contribution in [0, 0.1) is 0 Å². The lowest BCUT2D eigenvalue weighted by Crippen LogP contribution is -2.01. The van der Waals surface area contributed by atoms with Gasteiger partial charge in [-0.2, -0.15) is 0 Å². The third-order valence-electron chi connectivity index (χ3n) is 7.95. The van der Waals surface area contributed by atoms with E-state index in [0.717, 1.165) is 71.3 Å². The molecule has 0 aliphatic rings. The lowest BCUT2D eigenvalue weighted by molar-refractivity contribution is 0.668. The molecule has 3 heterocycles. The van der Waals surface area contributed by atoms with Gasteiger partial charge in [-0.15, -0.1) is 0 Å². The first-order valence-corrected chi connectivity index (χ1v) is 13.9. The number of fused-ring (bicyclic) bond motifs is 7. The van der Waals surface area contributed by atoms with Crippen LogP contribution >= 0.6 is 0 Å². The predicted octanol–water partition coefficient (Wildman–Crippen LogP) is 9.82. The highest BCUT2D eigenvalue weighted by atomic mass is 16.3. The van der Waals surface area contributed by atoms with Crippen LogP contribution in [0.1, 0.15) is 0 Å². The second-order valence-electron chi connectivity index (χ2n) is 10.4. The molecule has 5 heteroatoms. The van der Waals surface area contributed by atoms with Gasteiger partial charge in [-0.25, -0.2) is 15.0 Å². The van der Waals surface area contributed by atoms with Gasteiger partial charge in [-0.3, -0.25) is 0 Å². The van der Waals surface area contributed by atoms with Gasteiger partial charge >= 0.3 is 0 Å². The van der Waals surface area contributed by atoms with Crippen LogP contribution in [0.15, 0.2) is 136 Å². The van der Waals surface area contributed by atoms with Crippen LogP contribution in [0.25, 0.3) is 88.8 Å². The van der Waals surface area contributed by atoms with Gasteiger partial charge in [0.2, 0.25) is 0 Å². The summed E-state index contributed by atoms with van der Waals surface area (Å²) in [6.07, 6.45) is 0. The molecule has 0 bridgehead atoms. The quantitative estimate of drug-likeness (QED) is 0.224. The molecule has 0 aliphatic carbocycles. The predicted molar refractivity (Wildman–Crippen MR) is 168 cm³/mol. The van der Waals surface area contributed by atoms with Crippen LogP contribution in [0.5, 0.6) is 0 Å². The number of benzene rings is 6. The molecule has 0 unspecified atom stereocenters. The van der Waals surface area contributed by atoms with E-state index >= 15 is 0 Å². The van der Waals surface area contributed by atoms with Crippen LogP contribution in [-0.2, 0) is 0 Å². The third kappa shape index (κ3) is 3.40. The van der Waals surface area contributed by atoms with Crippen molar-refractivity contribution in [2.75, 3.05) is 0 Å². The highest BCUT2D eigenvalue weighted by Crippen LogP contribution is 2.39. The second kappa shape index (κ2) is 8.85. The van der Waals surface area contributed by atoms with Gasteiger partial charge in [-0.05, 0) is 35.0 Å². The minimum atomic E-state index is 0.553. The summed E-state index contributed by atoms with van der Waals surface area (Å²) in [6, 6.07) is 42.8. The van der Waals surface area contributed by atoms with Crippen LogP contribution in [0.2, 0.25) is 0 Å². The summed E-state index contributed by atoms with van der Waals surface area (Å²) in [5, 5.41) is 6.30. The van der Waals surface area contributed by atoms with Crippen molar-refractivity contribution in [3.63, 3.8) is 0 Å². The molecule has 0 amide bonds. The van der Waals surface area contributed by atoms with E-state index < -0.39 is 0 Å². The Bertz CT molecular complexity index is 2480. The van der Waals surface area contributed by atoms with Gasteiger partial charge in [-0.1, -0.05) is 103 Å². The Morgan fingerprint density at radius 2 is 0.881 bits per heavy atom. The van der Waals surface area contributed by atoms with Gasteiger partial charge in [0, 0.05) is 32.7 Å². The zero-order valence-electron chi connectivity index (χ0n) is 22.3. The van der Waals surface area contributed by atoms with Crippen LogP contribution in [-0.4, -0.2) is 15.0 Å². The average Bonchev–Trinajstić information content (AvgIpc) is 3.63. The SMILES string of the molecule is c1ccc2c(-c3nc(-c4cccc5c4oc4ccccc45)nc(-c4cccc5oc6ccccc6c45)n3)cccc2c1. The van der Waals surface area contributed by atoms with Crippen LogP contribution < -0.4 is 0 Å². The number of rotatable bonds is 3. The zero-order valence-corrected chi connectivity index (χ0v) is 22.3. The van der Waals surface area contributed by atoms with Crippen molar-refractivity contribution in [2.24, 2.45) is 0 Å². The summed E-state index contributed by atoms with van der Waals surface area (Å²) in [6.45, 7) is 0. The highest BCUT2D eigenvalue weighted by Gasteiger charge is 2.20. The molecule has 9 aromatic rings. The minimum Gasteiger partial charge on any atom is -0.456 e. The maximum Gasteiger partial charge on any atom is 0.167 e.